The van der Waals surface area contributed by atoms with Crippen LogP contribution in [0.25, 0.3) is 22.3 Å². The van der Waals surface area contributed by atoms with E-state index in [0.717, 1.165) is 77.9 Å². The molecule has 3 aliphatic rings. The van der Waals surface area contributed by atoms with Crippen molar-refractivity contribution in [2.24, 2.45) is 11.8 Å². The first-order chi connectivity index (χ1) is 37.9. The predicted octanol–water partition coefficient (Wildman–Crippen LogP) is 7.88. The molecule has 4 amide bonds. The SMILES string of the molecule is CN1C(=O)C[C@H](C(=O)NCCOC2CCC(OCCCC(=O)NC3CCC(C(=O)NCc4cccc(-c5ccc(Oc6ccc(S(=O)(=O)Nc7ncns7)cc6C#N)c(-c6ccncc6)c5)c4)CC3)CC2)[C@H]1c1cccnc1. The van der Waals surface area contributed by atoms with E-state index in [2.05, 4.69) is 46.1 Å². The van der Waals surface area contributed by atoms with Crippen molar-refractivity contribution in [1.29, 1.82) is 5.26 Å². The minimum absolute atomic E-state index is 0.00196. The molecule has 0 bridgehead atoms. The van der Waals surface area contributed by atoms with Crippen LogP contribution >= 0.6 is 11.5 Å². The smallest absolute Gasteiger partial charge is 0.263 e. The number of pyridine rings is 2. The number of likely N-dealkylation sites (tertiary alicyclic amines) is 1. The van der Waals surface area contributed by atoms with E-state index in [1.807, 2.05) is 60.7 Å². The number of aromatic nitrogens is 4. The maximum Gasteiger partial charge on any atom is 0.263 e. The van der Waals surface area contributed by atoms with E-state index in [-0.39, 0.29) is 81.6 Å². The second-order valence-corrected chi connectivity index (χ2v) is 22.2. The van der Waals surface area contributed by atoms with Gasteiger partial charge in [-0.05, 0) is 140 Å². The maximum atomic E-state index is 13.4. The molecule has 4 heterocycles. The lowest BCUT2D eigenvalue weighted by Crippen LogP contribution is -2.40. The van der Waals surface area contributed by atoms with Crippen molar-refractivity contribution in [3.8, 4) is 39.8 Å². The van der Waals surface area contributed by atoms with Gasteiger partial charge in [0, 0.05) is 93.4 Å². The Hall–Kier alpha value is -7.64. The number of nitrogens with zero attached hydrogens (tertiary/aromatic N) is 6. The van der Waals surface area contributed by atoms with Gasteiger partial charge in [0.1, 0.15) is 23.9 Å². The fourth-order valence-corrected chi connectivity index (χ4v) is 12.1. The molecule has 0 unspecified atom stereocenters. The molecule has 9 rings (SSSR count). The van der Waals surface area contributed by atoms with Crippen molar-refractivity contribution in [1.82, 2.24) is 40.2 Å². The second kappa shape index (κ2) is 26.1. The quantitative estimate of drug-likeness (QED) is 0.0472. The summed E-state index contributed by atoms with van der Waals surface area (Å²) in [5.74, 6) is -0.238. The molecule has 406 valence electrons. The van der Waals surface area contributed by atoms with E-state index >= 15 is 0 Å². The van der Waals surface area contributed by atoms with Crippen molar-refractivity contribution in [2.45, 2.75) is 106 Å². The Kier molecular flexibility index (Phi) is 18.5. The molecule has 1 aliphatic heterocycles. The average Bonchev–Trinajstić information content (AvgIpc) is 4.09. The fourth-order valence-electron chi connectivity index (χ4n) is 10.4. The number of hydrogen-bond donors (Lipinski definition) is 4. The monoisotopic (exact) mass is 1090 g/mol. The van der Waals surface area contributed by atoms with Gasteiger partial charge in [-0.3, -0.25) is 33.9 Å². The molecule has 0 radical (unpaired) electrons. The highest BCUT2D eigenvalue weighted by Gasteiger charge is 2.42. The molecule has 0 spiro atoms. The number of anilines is 1. The van der Waals surface area contributed by atoms with Gasteiger partial charge in [-0.2, -0.15) is 9.64 Å². The molecule has 19 nitrogen and oxygen atoms in total. The zero-order chi connectivity index (χ0) is 54.4. The molecule has 4 N–H and O–H groups in total. The van der Waals surface area contributed by atoms with E-state index < -0.39 is 15.9 Å². The second-order valence-electron chi connectivity index (χ2n) is 19.8. The van der Waals surface area contributed by atoms with Crippen LogP contribution in [0.5, 0.6) is 11.5 Å². The summed E-state index contributed by atoms with van der Waals surface area (Å²) in [5.41, 5.74) is 5.11. The molecule has 3 fully saturated rings. The number of carbonyl (C=O) groups excluding carboxylic acids is 4. The van der Waals surface area contributed by atoms with Crippen LogP contribution in [0.4, 0.5) is 5.13 Å². The lowest BCUT2D eigenvalue weighted by atomic mass is 9.85. The third-order valence-electron chi connectivity index (χ3n) is 14.6. The van der Waals surface area contributed by atoms with Gasteiger partial charge in [-0.1, -0.05) is 30.3 Å². The number of rotatable bonds is 22. The molecular formula is C57H62N10O9S2. The first kappa shape index (κ1) is 55.1. The van der Waals surface area contributed by atoms with Crippen LogP contribution in [0.2, 0.25) is 0 Å². The molecule has 3 aromatic carbocycles. The summed E-state index contributed by atoms with van der Waals surface area (Å²) in [6, 6.07) is 26.8. The van der Waals surface area contributed by atoms with Crippen LogP contribution in [-0.4, -0.2) is 101 Å². The van der Waals surface area contributed by atoms with Gasteiger partial charge in [0.15, 0.2) is 0 Å². The van der Waals surface area contributed by atoms with E-state index in [1.165, 1.54) is 24.5 Å². The summed E-state index contributed by atoms with van der Waals surface area (Å²) in [6.45, 7) is 1.61. The lowest BCUT2D eigenvalue weighted by molar-refractivity contribution is -0.128. The van der Waals surface area contributed by atoms with E-state index in [1.54, 1.807) is 42.8 Å². The normalized spacial score (nSPS) is 20.3. The number of nitrogens with one attached hydrogen (secondary N) is 4. The van der Waals surface area contributed by atoms with Crippen LogP contribution in [-0.2, 0) is 45.2 Å². The number of benzene rings is 3. The molecule has 78 heavy (non-hydrogen) atoms. The van der Waals surface area contributed by atoms with Gasteiger partial charge >= 0.3 is 0 Å². The molecule has 2 aliphatic carbocycles. The average molecular weight is 1100 g/mol. The molecule has 2 atom stereocenters. The Morgan fingerprint density at radius 1 is 0.795 bits per heavy atom. The van der Waals surface area contributed by atoms with E-state index in [0.29, 0.717) is 63.3 Å². The Balaban J connectivity index is 0.669. The highest BCUT2D eigenvalue weighted by atomic mass is 32.2. The van der Waals surface area contributed by atoms with Gasteiger partial charge in [0.25, 0.3) is 10.0 Å². The van der Waals surface area contributed by atoms with Crippen molar-refractivity contribution in [3.05, 3.63) is 133 Å². The van der Waals surface area contributed by atoms with Crippen LogP contribution < -0.4 is 25.4 Å². The number of carbonyl (C=O) groups is 4. The predicted molar refractivity (Wildman–Crippen MR) is 291 cm³/mol. The van der Waals surface area contributed by atoms with Crippen molar-refractivity contribution in [2.75, 3.05) is 31.5 Å². The first-order valence-corrected chi connectivity index (χ1v) is 28.5. The molecular weight excluding hydrogens is 1030 g/mol. The van der Waals surface area contributed by atoms with Crippen LogP contribution in [0.3, 0.4) is 0 Å². The van der Waals surface area contributed by atoms with Crippen molar-refractivity contribution >= 4 is 50.3 Å². The summed E-state index contributed by atoms with van der Waals surface area (Å²) in [5, 5.41) is 19.4. The molecule has 6 aromatic rings. The number of amides is 4. The van der Waals surface area contributed by atoms with Gasteiger partial charge in [-0.15, -0.1) is 0 Å². The van der Waals surface area contributed by atoms with E-state index in [4.69, 9.17) is 14.2 Å². The standard InChI is InChI=1S/C57H62N10O9S2/c1-67-53(69)32-49(54(67)42-7-3-23-60-35-42)56(71)61-26-28-75-46-16-14-45(15-17-46)74-27-4-8-52(68)65-44-12-9-39(10-13-44)55(70)62-34-37-5-2-6-40(29-37)41-11-19-51(48(31-41)38-21-24-59-25-22-38)76-50-20-18-47(30-43(50)33-58)78(72,73)66-57-63-36-64-77-57/h2-3,5-7,11,18-25,29-31,35-36,39,44-46,49,54H,4,8-10,12-17,26-28,32,34H2,1H3,(H,61,71)(H,62,70)(H,65,68)(H,63,64,66)/t39?,44?,45?,46?,49-,54+/m0/s1. The highest BCUT2D eigenvalue weighted by molar-refractivity contribution is 7.93. The minimum atomic E-state index is -4.04. The van der Waals surface area contributed by atoms with E-state index in [9.17, 15) is 32.9 Å². The van der Waals surface area contributed by atoms with Crippen molar-refractivity contribution < 1.29 is 41.8 Å². The zero-order valence-corrected chi connectivity index (χ0v) is 44.8. The Labute approximate surface area is 457 Å². The lowest BCUT2D eigenvalue weighted by Gasteiger charge is -2.29. The Bertz CT molecular complexity index is 3180. The van der Waals surface area contributed by atoms with Gasteiger partial charge in [-0.25, -0.2) is 13.4 Å². The van der Waals surface area contributed by atoms with Crippen molar-refractivity contribution in [3.63, 3.8) is 0 Å². The topological polar surface area (TPSA) is 257 Å². The molecule has 1 saturated heterocycles. The first-order valence-electron chi connectivity index (χ1n) is 26.3. The van der Waals surface area contributed by atoms with Crippen LogP contribution in [0.15, 0.2) is 121 Å². The highest BCUT2D eigenvalue weighted by Crippen LogP contribution is 2.39. The van der Waals surface area contributed by atoms with Crippen LogP contribution in [0.1, 0.15) is 93.4 Å². The molecule has 3 aromatic heterocycles. The maximum absolute atomic E-state index is 13.4. The van der Waals surface area contributed by atoms with Crippen LogP contribution in [0, 0.1) is 23.2 Å². The largest absolute Gasteiger partial charge is 0.455 e. The van der Waals surface area contributed by atoms with Gasteiger partial charge in [0.05, 0.1) is 41.2 Å². The molecule has 2 saturated carbocycles. The summed E-state index contributed by atoms with van der Waals surface area (Å²) in [4.78, 5) is 65.6. The number of hydrogen-bond acceptors (Lipinski definition) is 15. The molecule has 21 heteroatoms. The Morgan fingerprint density at radius 2 is 1.55 bits per heavy atom. The number of nitriles is 1. The third kappa shape index (κ3) is 14.3. The fraction of sp³-hybridized carbons (Fsp3) is 0.386. The minimum Gasteiger partial charge on any atom is -0.455 e. The summed E-state index contributed by atoms with van der Waals surface area (Å²) < 4.78 is 50.8. The summed E-state index contributed by atoms with van der Waals surface area (Å²) >= 11 is 0.891. The Morgan fingerprint density at radius 3 is 2.28 bits per heavy atom. The van der Waals surface area contributed by atoms with Gasteiger partial charge in [0.2, 0.25) is 28.8 Å². The zero-order valence-electron chi connectivity index (χ0n) is 43.2. The summed E-state index contributed by atoms with van der Waals surface area (Å²) in [7, 11) is -2.31. The summed E-state index contributed by atoms with van der Waals surface area (Å²) in [6.07, 6.45) is 15.6. The number of sulfonamides is 1. The third-order valence-corrected chi connectivity index (χ3v) is 16.6. The van der Waals surface area contributed by atoms with Gasteiger partial charge < -0.3 is 35.1 Å². The number of ether oxygens (including phenoxy) is 3.